The van der Waals surface area contributed by atoms with E-state index in [-0.39, 0.29) is 5.69 Å². The number of nitrogens with one attached hydrogen (secondary N) is 1. The molecule has 0 fully saturated rings. The first kappa shape index (κ1) is 12.4. The second-order valence-electron chi connectivity index (χ2n) is 3.56. The number of aliphatic hydroxyl groups excluding tert-OH is 1. The first-order chi connectivity index (χ1) is 7.63. The van der Waals surface area contributed by atoms with Gasteiger partial charge in [-0.2, -0.15) is 0 Å². The Morgan fingerprint density at radius 1 is 1.62 bits per heavy atom. The van der Waals surface area contributed by atoms with Gasteiger partial charge < -0.3 is 15.5 Å². The van der Waals surface area contributed by atoms with E-state index in [9.17, 15) is 9.90 Å². The van der Waals surface area contributed by atoms with Gasteiger partial charge in [0.15, 0.2) is 0 Å². The number of carboxylic acids is 1. The van der Waals surface area contributed by atoms with E-state index < -0.39 is 12.1 Å². The molecule has 1 atom stereocenters. The maximum Gasteiger partial charge on any atom is 0.354 e. The number of hydrogen-bond donors (Lipinski definition) is 3. The molecular weight excluding hydrogens is 208 g/mol. The minimum atomic E-state index is -1.06. The van der Waals surface area contributed by atoms with E-state index in [0.717, 1.165) is 12.8 Å². The third kappa shape index (κ3) is 3.86. The van der Waals surface area contributed by atoms with Crippen LogP contribution in [-0.4, -0.2) is 33.8 Å². The normalized spacial score (nSPS) is 12.1. The molecule has 0 saturated heterocycles. The van der Waals surface area contributed by atoms with Crippen LogP contribution in [0.1, 0.15) is 30.3 Å². The molecule has 0 aliphatic rings. The van der Waals surface area contributed by atoms with Crippen molar-refractivity contribution in [2.75, 3.05) is 11.9 Å². The summed E-state index contributed by atoms with van der Waals surface area (Å²) in [5.41, 5.74) is 0.650. The van der Waals surface area contributed by atoms with Gasteiger partial charge in [0.1, 0.15) is 5.69 Å². The molecule has 1 aromatic rings. The van der Waals surface area contributed by atoms with Gasteiger partial charge in [-0.05, 0) is 18.6 Å². The number of aliphatic hydroxyl groups is 1. The fourth-order valence-corrected chi connectivity index (χ4v) is 1.33. The molecule has 0 spiro atoms. The van der Waals surface area contributed by atoms with E-state index >= 15 is 0 Å². The number of aromatic carboxylic acids is 1. The monoisotopic (exact) mass is 224 g/mol. The van der Waals surface area contributed by atoms with Crippen molar-refractivity contribution in [1.82, 2.24) is 4.98 Å². The number of carbonyl (C=O) groups is 1. The Bertz CT molecular complexity index is 355. The fraction of sp³-hybridized carbons (Fsp3) is 0.455. The summed E-state index contributed by atoms with van der Waals surface area (Å²) >= 11 is 0. The second-order valence-corrected chi connectivity index (χ2v) is 3.56. The number of carboxylic acid groups (broad SMARTS) is 1. The third-order valence-corrected chi connectivity index (χ3v) is 2.14. The van der Waals surface area contributed by atoms with Crippen LogP contribution in [0.15, 0.2) is 18.3 Å². The van der Waals surface area contributed by atoms with Gasteiger partial charge in [-0.25, -0.2) is 9.78 Å². The van der Waals surface area contributed by atoms with Crippen LogP contribution in [0.3, 0.4) is 0 Å². The lowest BCUT2D eigenvalue weighted by molar-refractivity contribution is 0.0690. The Hall–Kier alpha value is -1.62. The summed E-state index contributed by atoms with van der Waals surface area (Å²) in [7, 11) is 0. The summed E-state index contributed by atoms with van der Waals surface area (Å²) in [4.78, 5) is 14.4. The van der Waals surface area contributed by atoms with Gasteiger partial charge >= 0.3 is 5.97 Å². The van der Waals surface area contributed by atoms with Crippen LogP contribution in [0.25, 0.3) is 0 Å². The molecule has 1 heterocycles. The van der Waals surface area contributed by atoms with E-state index in [1.54, 1.807) is 6.07 Å². The molecular formula is C11H16N2O3. The molecule has 5 nitrogen and oxygen atoms in total. The zero-order valence-electron chi connectivity index (χ0n) is 9.18. The molecule has 0 saturated carbocycles. The molecule has 1 rings (SSSR count). The number of pyridine rings is 1. The first-order valence-corrected chi connectivity index (χ1v) is 5.24. The Labute approximate surface area is 94.1 Å². The summed E-state index contributed by atoms with van der Waals surface area (Å²) in [5.74, 6) is -1.06. The van der Waals surface area contributed by atoms with Crippen LogP contribution in [-0.2, 0) is 0 Å². The Morgan fingerprint density at radius 2 is 2.38 bits per heavy atom. The maximum atomic E-state index is 10.7. The van der Waals surface area contributed by atoms with Crippen molar-refractivity contribution in [2.45, 2.75) is 25.9 Å². The van der Waals surface area contributed by atoms with Crippen molar-refractivity contribution < 1.29 is 15.0 Å². The molecule has 3 N–H and O–H groups in total. The summed E-state index contributed by atoms with van der Waals surface area (Å²) in [5, 5.41) is 21.2. The Balaban J connectivity index is 2.54. The van der Waals surface area contributed by atoms with Crippen LogP contribution in [0.5, 0.6) is 0 Å². The highest BCUT2D eigenvalue weighted by Crippen LogP contribution is 2.08. The van der Waals surface area contributed by atoms with Gasteiger partial charge in [-0.1, -0.05) is 13.3 Å². The minimum absolute atomic E-state index is 0.00465. The highest BCUT2D eigenvalue weighted by molar-refractivity contribution is 5.86. The van der Waals surface area contributed by atoms with Gasteiger partial charge in [0.25, 0.3) is 0 Å². The molecule has 0 aliphatic heterocycles. The molecule has 0 bridgehead atoms. The Kier molecular flexibility index (Phi) is 4.72. The largest absolute Gasteiger partial charge is 0.477 e. The van der Waals surface area contributed by atoms with E-state index in [0.29, 0.717) is 12.2 Å². The maximum absolute atomic E-state index is 10.7. The lowest BCUT2D eigenvalue weighted by atomic mass is 10.2. The molecule has 88 valence electrons. The highest BCUT2D eigenvalue weighted by atomic mass is 16.4. The van der Waals surface area contributed by atoms with Crippen molar-refractivity contribution in [1.29, 1.82) is 0 Å². The van der Waals surface area contributed by atoms with E-state index in [1.807, 2.05) is 6.92 Å². The summed E-state index contributed by atoms with van der Waals surface area (Å²) in [6.45, 7) is 2.41. The molecule has 1 unspecified atom stereocenters. The SMILES string of the molecule is CCCC(O)CNc1ccnc(C(=O)O)c1. The Morgan fingerprint density at radius 3 is 3.00 bits per heavy atom. The molecule has 1 aromatic heterocycles. The van der Waals surface area contributed by atoms with Crippen LogP contribution in [0.4, 0.5) is 5.69 Å². The molecule has 0 aliphatic carbocycles. The minimum Gasteiger partial charge on any atom is -0.477 e. The van der Waals surface area contributed by atoms with Gasteiger partial charge in [-0.3, -0.25) is 0 Å². The third-order valence-electron chi connectivity index (χ3n) is 2.14. The number of nitrogens with zero attached hydrogens (tertiary/aromatic N) is 1. The van der Waals surface area contributed by atoms with Crippen molar-refractivity contribution in [3.05, 3.63) is 24.0 Å². The molecule has 0 amide bonds. The number of hydrogen-bond acceptors (Lipinski definition) is 4. The summed E-state index contributed by atoms with van der Waals surface area (Å²) in [6.07, 6.45) is 2.66. The topological polar surface area (TPSA) is 82.5 Å². The average Bonchev–Trinajstić information content (AvgIpc) is 2.27. The standard InChI is InChI=1S/C11H16N2O3/c1-2-3-9(14)7-13-8-4-5-12-10(6-8)11(15)16/h4-6,9,14H,2-3,7H2,1H3,(H,12,13)(H,15,16). The summed E-state index contributed by atoms with van der Waals surface area (Å²) in [6, 6.07) is 3.12. The zero-order chi connectivity index (χ0) is 12.0. The van der Waals surface area contributed by atoms with Crippen LogP contribution >= 0.6 is 0 Å². The van der Waals surface area contributed by atoms with Crippen molar-refractivity contribution >= 4 is 11.7 Å². The van der Waals surface area contributed by atoms with E-state index in [2.05, 4.69) is 10.3 Å². The zero-order valence-corrected chi connectivity index (χ0v) is 9.18. The number of aromatic nitrogens is 1. The fourth-order valence-electron chi connectivity index (χ4n) is 1.33. The molecule has 0 radical (unpaired) electrons. The predicted octanol–water partition coefficient (Wildman–Crippen LogP) is 1.35. The van der Waals surface area contributed by atoms with E-state index in [4.69, 9.17) is 5.11 Å². The van der Waals surface area contributed by atoms with Crippen molar-refractivity contribution in [3.63, 3.8) is 0 Å². The lowest BCUT2D eigenvalue weighted by Gasteiger charge is -2.11. The molecule has 0 aromatic carbocycles. The van der Waals surface area contributed by atoms with Gasteiger partial charge in [0.05, 0.1) is 6.10 Å². The summed E-state index contributed by atoms with van der Waals surface area (Å²) < 4.78 is 0. The van der Waals surface area contributed by atoms with Crippen LogP contribution in [0, 0.1) is 0 Å². The average molecular weight is 224 g/mol. The smallest absolute Gasteiger partial charge is 0.354 e. The number of rotatable bonds is 6. The van der Waals surface area contributed by atoms with E-state index in [1.165, 1.54) is 12.3 Å². The van der Waals surface area contributed by atoms with Crippen LogP contribution in [0.2, 0.25) is 0 Å². The highest BCUT2D eigenvalue weighted by Gasteiger charge is 2.06. The first-order valence-electron chi connectivity index (χ1n) is 5.24. The lowest BCUT2D eigenvalue weighted by Crippen LogP contribution is -2.19. The number of anilines is 1. The van der Waals surface area contributed by atoms with Crippen molar-refractivity contribution in [2.24, 2.45) is 0 Å². The van der Waals surface area contributed by atoms with Gasteiger partial charge in [0.2, 0.25) is 0 Å². The van der Waals surface area contributed by atoms with Gasteiger partial charge in [0, 0.05) is 18.4 Å². The molecule has 16 heavy (non-hydrogen) atoms. The quantitative estimate of drug-likeness (QED) is 0.679. The second kappa shape index (κ2) is 6.07. The van der Waals surface area contributed by atoms with Crippen LogP contribution < -0.4 is 5.32 Å². The predicted molar refractivity (Wildman–Crippen MR) is 60.6 cm³/mol. The van der Waals surface area contributed by atoms with Crippen molar-refractivity contribution in [3.8, 4) is 0 Å². The molecule has 5 heteroatoms. The van der Waals surface area contributed by atoms with Gasteiger partial charge in [-0.15, -0.1) is 0 Å².